The van der Waals surface area contributed by atoms with Crippen LogP contribution in [0.15, 0.2) is 24.3 Å². The predicted octanol–water partition coefficient (Wildman–Crippen LogP) is 2.08. The van der Waals surface area contributed by atoms with Gasteiger partial charge in [-0.25, -0.2) is 4.79 Å². The second-order valence-electron chi connectivity index (χ2n) is 7.68. The minimum atomic E-state index is -0.695. The Morgan fingerprint density at radius 3 is 2.66 bits per heavy atom. The lowest BCUT2D eigenvalue weighted by Gasteiger charge is -2.23. The largest absolute Gasteiger partial charge is 0.455 e. The molecule has 1 aliphatic carbocycles. The summed E-state index contributed by atoms with van der Waals surface area (Å²) in [6, 6.07) is 7.24. The smallest absolute Gasteiger partial charge is 0.321 e. The van der Waals surface area contributed by atoms with Gasteiger partial charge in [0.2, 0.25) is 5.91 Å². The number of hydrogen-bond acceptors (Lipinski definition) is 5. The normalized spacial score (nSPS) is 19.6. The highest BCUT2D eigenvalue weighted by Crippen LogP contribution is 2.33. The zero-order valence-corrected chi connectivity index (χ0v) is 16.8. The third kappa shape index (κ3) is 5.34. The fourth-order valence-electron chi connectivity index (χ4n) is 3.33. The molecule has 0 spiro atoms. The number of para-hydroxylation sites is 1. The van der Waals surface area contributed by atoms with Gasteiger partial charge in [0.15, 0.2) is 6.61 Å². The van der Waals surface area contributed by atoms with E-state index < -0.39 is 30.4 Å². The average molecular weight is 401 g/mol. The van der Waals surface area contributed by atoms with Crippen molar-refractivity contribution < 1.29 is 23.9 Å². The Kier molecular flexibility index (Phi) is 6.51. The third-order valence-electron chi connectivity index (χ3n) is 5.34. The molecule has 156 valence electrons. The van der Waals surface area contributed by atoms with E-state index in [1.165, 1.54) is 0 Å². The molecule has 1 saturated carbocycles. The highest BCUT2D eigenvalue weighted by molar-refractivity contribution is 6.00. The van der Waals surface area contributed by atoms with Crippen molar-refractivity contribution in [1.29, 1.82) is 0 Å². The average Bonchev–Trinajstić information content (AvgIpc) is 3.43. The zero-order valence-electron chi connectivity index (χ0n) is 16.8. The van der Waals surface area contributed by atoms with Crippen LogP contribution in [0.25, 0.3) is 0 Å². The maximum absolute atomic E-state index is 12.5. The van der Waals surface area contributed by atoms with Crippen LogP contribution in [0.3, 0.4) is 0 Å². The summed E-state index contributed by atoms with van der Waals surface area (Å²) in [5.74, 6) is -1.80. The first kappa shape index (κ1) is 20.8. The number of hydrogen-bond donors (Lipinski definition) is 2. The van der Waals surface area contributed by atoms with Crippen molar-refractivity contribution in [2.75, 3.05) is 18.1 Å². The van der Waals surface area contributed by atoms with E-state index in [1.807, 2.05) is 24.3 Å². The van der Waals surface area contributed by atoms with Gasteiger partial charge in [0.25, 0.3) is 5.91 Å². The number of rotatable bonds is 7. The van der Waals surface area contributed by atoms with Gasteiger partial charge in [-0.3, -0.25) is 19.7 Å². The molecule has 2 fully saturated rings. The molecule has 2 atom stereocenters. The van der Waals surface area contributed by atoms with Gasteiger partial charge in [-0.2, -0.15) is 0 Å². The van der Waals surface area contributed by atoms with Crippen molar-refractivity contribution in [2.24, 2.45) is 5.92 Å². The first-order valence-corrected chi connectivity index (χ1v) is 10.0. The topological polar surface area (TPSA) is 105 Å². The van der Waals surface area contributed by atoms with Crippen molar-refractivity contribution in [1.82, 2.24) is 10.6 Å². The fourth-order valence-corrected chi connectivity index (χ4v) is 3.33. The van der Waals surface area contributed by atoms with Crippen LogP contribution in [0.2, 0.25) is 0 Å². The second-order valence-corrected chi connectivity index (χ2v) is 7.68. The second kappa shape index (κ2) is 9.07. The van der Waals surface area contributed by atoms with Gasteiger partial charge in [-0.15, -0.1) is 0 Å². The number of nitrogens with one attached hydrogen (secondary N) is 2. The first-order chi connectivity index (χ1) is 13.9. The molecule has 1 aromatic rings. The molecule has 0 radical (unpaired) electrons. The van der Waals surface area contributed by atoms with E-state index in [9.17, 15) is 19.2 Å². The molecule has 0 aromatic heterocycles. The monoisotopic (exact) mass is 401 g/mol. The highest BCUT2D eigenvalue weighted by Gasteiger charge is 2.37. The SMILES string of the molecule is CC[C@H](C)c1ccccc1N1C[C@@H](C(=O)OCC(=O)NC(=O)NC2CC2)CC1=O. The lowest BCUT2D eigenvalue weighted by molar-refractivity contribution is -0.152. The standard InChI is InChI=1S/C21H27N3O5/c1-3-13(2)16-6-4-5-7-17(16)24-11-14(10-19(24)26)20(27)29-12-18(25)23-21(28)22-15-8-9-15/h4-7,13-15H,3,8-12H2,1-2H3,(H2,22,23,25,28)/t13-,14-/m0/s1. The van der Waals surface area contributed by atoms with Crippen LogP contribution in [0.4, 0.5) is 10.5 Å². The Morgan fingerprint density at radius 2 is 1.97 bits per heavy atom. The number of urea groups is 1. The van der Waals surface area contributed by atoms with E-state index in [0.29, 0.717) is 0 Å². The number of amides is 4. The number of ether oxygens (including phenoxy) is 1. The van der Waals surface area contributed by atoms with Gasteiger partial charge < -0.3 is 15.0 Å². The number of benzene rings is 1. The summed E-state index contributed by atoms with van der Waals surface area (Å²) < 4.78 is 5.03. The van der Waals surface area contributed by atoms with E-state index in [2.05, 4.69) is 24.5 Å². The molecule has 3 rings (SSSR count). The lowest BCUT2D eigenvalue weighted by Crippen LogP contribution is -2.42. The van der Waals surface area contributed by atoms with Gasteiger partial charge in [-0.1, -0.05) is 32.0 Å². The Bertz CT molecular complexity index is 805. The number of esters is 1. The Morgan fingerprint density at radius 1 is 1.24 bits per heavy atom. The minimum Gasteiger partial charge on any atom is -0.455 e. The number of carbonyl (C=O) groups excluding carboxylic acids is 4. The van der Waals surface area contributed by atoms with E-state index >= 15 is 0 Å². The van der Waals surface area contributed by atoms with Crippen molar-refractivity contribution in [2.45, 2.75) is 51.5 Å². The van der Waals surface area contributed by atoms with Crippen molar-refractivity contribution in [3.05, 3.63) is 29.8 Å². The molecule has 1 heterocycles. The van der Waals surface area contributed by atoms with Gasteiger partial charge in [0.1, 0.15) is 0 Å². The molecule has 1 aliphatic heterocycles. The van der Waals surface area contributed by atoms with Crippen LogP contribution in [0, 0.1) is 5.92 Å². The maximum Gasteiger partial charge on any atom is 0.321 e. The van der Waals surface area contributed by atoms with Crippen molar-refractivity contribution >= 4 is 29.5 Å². The molecule has 29 heavy (non-hydrogen) atoms. The number of imide groups is 1. The Hall–Kier alpha value is -2.90. The summed E-state index contributed by atoms with van der Waals surface area (Å²) >= 11 is 0. The molecule has 2 N–H and O–H groups in total. The first-order valence-electron chi connectivity index (χ1n) is 10.0. The molecule has 2 aliphatic rings. The Balaban J connectivity index is 1.54. The predicted molar refractivity (Wildman–Crippen MR) is 106 cm³/mol. The van der Waals surface area contributed by atoms with E-state index in [1.54, 1.807) is 4.90 Å². The summed E-state index contributed by atoms with van der Waals surface area (Å²) in [6.45, 7) is 3.85. The lowest BCUT2D eigenvalue weighted by atomic mass is 9.96. The molecule has 0 bridgehead atoms. The Labute approximate surface area is 170 Å². The van der Waals surface area contributed by atoms with Crippen LogP contribution in [0.1, 0.15) is 51.0 Å². The zero-order chi connectivity index (χ0) is 21.0. The number of nitrogens with zero attached hydrogens (tertiary/aromatic N) is 1. The molecule has 8 heteroatoms. The van der Waals surface area contributed by atoms with Gasteiger partial charge >= 0.3 is 12.0 Å². The van der Waals surface area contributed by atoms with E-state index in [-0.39, 0.29) is 30.8 Å². The number of anilines is 1. The van der Waals surface area contributed by atoms with Crippen molar-refractivity contribution in [3.8, 4) is 0 Å². The maximum atomic E-state index is 12.5. The summed E-state index contributed by atoms with van der Waals surface area (Å²) in [4.78, 5) is 49.8. The van der Waals surface area contributed by atoms with E-state index in [4.69, 9.17) is 4.74 Å². The van der Waals surface area contributed by atoms with Gasteiger partial charge in [0, 0.05) is 24.7 Å². The van der Waals surface area contributed by atoms with Crippen LogP contribution in [-0.4, -0.2) is 43.0 Å². The molecular formula is C21H27N3O5. The van der Waals surface area contributed by atoms with Gasteiger partial charge in [0.05, 0.1) is 5.92 Å². The van der Waals surface area contributed by atoms with Gasteiger partial charge in [-0.05, 0) is 36.8 Å². The fraction of sp³-hybridized carbons (Fsp3) is 0.524. The van der Waals surface area contributed by atoms with Crippen LogP contribution in [-0.2, 0) is 19.1 Å². The molecule has 0 unspecified atom stereocenters. The molecule has 1 saturated heterocycles. The minimum absolute atomic E-state index is 0.0391. The summed E-state index contributed by atoms with van der Waals surface area (Å²) in [5.41, 5.74) is 1.88. The molecule has 1 aromatic carbocycles. The summed E-state index contributed by atoms with van der Waals surface area (Å²) in [6.07, 6.45) is 2.79. The molecular weight excluding hydrogens is 374 g/mol. The molecule has 8 nitrogen and oxygen atoms in total. The quantitative estimate of drug-likeness (QED) is 0.681. The number of carbonyl (C=O) groups is 4. The third-order valence-corrected chi connectivity index (χ3v) is 5.34. The van der Waals surface area contributed by atoms with E-state index in [0.717, 1.165) is 30.5 Å². The van der Waals surface area contributed by atoms with Crippen molar-refractivity contribution in [3.63, 3.8) is 0 Å². The van der Waals surface area contributed by atoms with Crippen LogP contribution >= 0.6 is 0 Å². The molecule has 4 amide bonds. The van der Waals surface area contributed by atoms with Crippen LogP contribution in [0.5, 0.6) is 0 Å². The highest BCUT2D eigenvalue weighted by atomic mass is 16.5. The van der Waals surface area contributed by atoms with Crippen LogP contribution < -0.4 is 15.5 Å². The summed E-state index contributed by atoms with van der Waals surface area (Å²) in [5, 5.41) is 4.74. The summed E-state index contributed by atoms with van der Waals surface area (Å²) in [7, 11) is 0.